The van der Waals surface area contributed by atoms with Gasteiger partial charge in [-0.1, -0.05) is 22.9 Å². The number of hydrogen-bond acceptors (Lipinski definition) is 4. The van der Waals surface area contributed by atoms with Crippen molar-refractivity contribution in [1.29, 1.82) is 0 Å². The van der Waals surface area contributed by atoms with Gasteiger partial charge in [-0.25, -0.2) is 0 Å². The third kappa shape index (κ3) is 8.70. The molecule has 0 heterocycles. The van der Waals surface area contributed by atoms with Crippen molar-refractivity contribution in [2.45, 2.75) is 25.9 Å². The van der Waals surface area contributed by atoms with Crippen molar-refractivity contribution in [2.75, 3.05) is 26.2 Å². The lowest BCUT2D eigenvalue weighted by atomic mass is 10.3. The second-order valence-corrected chi connectivity index (χ2v) is 5.64. The van der Waals surface area contributed by atoms with E-state index in [1.165, 1.54) is 0 Å². The molecule has 0 aromatic heterocycles. The molecule has 0 fully saturated rings. The Kier molecular flexibility index (Phi) is 9.05. The Morgan fingerprint density at radius 1 is 1.33 bits per heavy atom. The molecule has 0 radical (unpaired) electrons. The van der Waals surface area contributed by atoms with E-state index in [9.17, 15) is 9.90 Å². The van der Waals surface area contributed by atoms with E-state index < -0.39 is 6.10 Å². The lowest BCUT2D eigenvalue weighted by Crippen LogP contribution is -2.34. The number of amides is 1. The number of aliphatic hydroxyl groups excluding tert-OH is 1. The van der Waals surface area contributed by atoms with Crippen LogP contribution in [0.4, 0.5) is 0 Å². The van der Waals surface area contributed by atoms with Crippen molar-refractivity contribution in [3.8, 4) is 5.75 Å². The Balaban J connectivity index is 2.07. The van der Waals surface area contributed by atoms with Gasteiger partial charge in [0.25, 0.3) is 0 Å². The largest absolute Gasteiger partial charge is 0.491 e. The van der Waals surface area contributed by atoms with E-state index in [1.807, 2.05) is 31.2 Å². The molecule has 0 aliphatic heterocycles. The number of carbonyl (C=O) groups is 1. The molecule has 1 aromatic carbocycles. The van der Waals surface area contributed by atoms with Crippen molar-refractivity contribution in [1.82, 2.24) is 10.6 Å². The molecule has 118 valence electrons. The quantitative estimate of drug-likeness (QED) is 0.556. The van der Waals surface area contributed by atoms with Gasteiger partial charge in [0.15, 0.2) is 0 Å². The van der Waals surface area contributed by atoms with Gasteiger partial charge in [0, 0.05) is 30.5 Å². The lowest BCUT2D eigenvalue weighted by Gasteiger charge is -2.13. The van der Waals surface area contributed by atoms with E-state index in [0.717, 1.165) is 16.6 Å². The topological polar surface area (TPSA) is 70.6 Å². The summed E-state index contributed by atoms with van der Waals surface area (Å²) in [5.74, 6) is 0.751. The van der Waals surface area contributed by atoms with Crippen LogP contribution in [0.2, 0.25) is 0 Å². The van der Waals surface area contributed by atoms with Crippen molar-refractivity contribution in [3.05, 3.63) is 28.7 Å². The molecule has 1 amide bonds. The zero-order valence-electron chi connectivity index (χ0n) is 12.3. The van der Waals surface area contributed by atoms with E-state index in [-0.39, 0.29) is 12.5 Å². The van der Waals surface area contributed by atoms with Crippen molar-refractivity contribution in [2.24, 2.45) is 0 Å². The average Bonchev–Trinajstić information content (AvgIpc) is 2.49. The highest BCUT2D eigenvalue weighted by Gasteiger charge is 2.06. The van der Waals surface area contributed by atoms with Crippen LogP contribution in [0, 0.1) is 0 Å². The van der Waals surface area contributed by atoms with Gasteiger partial charge in [-0.3, -0.25) is 4.79 Å². The maximum atomic E-state index is 11.3. The molecule has 1 atom stereocenters. The predicted octanol–water partition coefficient (Wildman–Crippen LogP) is 1.69. The number of nitrogens with one attached hydrogen (secondary N) is 2. The fourth-order valence-corrected chi connectivity index (χ4v) is 1.87. The Morgan fingerprint density at radius 2 is 2.05 bits per heavy atom. The van der Waals surface area contributed by atoms with Crippen LogP contribution in [0.5, 0.6) is 5.75 Å². The van der Waals surface area contributed by atoms with Gasteiger partial charge in [-0.15, -0.1) is 0 Å². The number of benzene rings is 1. The molecule has 0 aliphatic rings. The Bertz CT molecular complexity index is 412. The normalized spacial score (nSPS) is 12.0. The molecule has 5 nitrogen and oxygen atoms in total. The van der Waals surface area contributed by atoms with Gasteiger partial charge < -0.3 is 20.5 Å². The van der Waals surface area contributed by atoms with Crippen LogP contribution >= 0.6 is 15.9 Å². The summed E-state index contributed by atoms with van der Waals surface area (Å²) < 4.78 is 6.45. The van der Waals surface area contributed by atoms with Crippen LogP contribution in [-0.4, -0.2) is 43.4 Å². The van der Waals surface area contributed by atoms with Crippen LogP contribution in [0.15, 0.2) is 28.7 Å². The maximum absolute atomic E-state index is 11.3. The summed E-state index contributed by atoms with van der Waals surface area (Å²) >= 11 is 3.35. The Morgan fingerprint density at radius 3 is 2.71 bits per heavy atom. The van der Waals surface area contributed by atoms with Crippen LogP contribution < -0.4 is 15.4 Å². The number of halogens is 1. The van der Waals surface area contributed by atoms with Gasteiger partial charge in [-0.2, -0.15) is 0 Å². The fraction of sp³-hybridized carbons (Fsp3) is 0.533. The van der Waals surface area contributed by atoms with E-state index in [0.29, 0.717) is 26.1 Å². The first kappa shape index (κ1) is 17.9. The minimum atomic E-state index is -0.604. The SMILES string of the molecule is CCCNC(=O)CCNCC(O)COc1ccc(Br)cc1. The summed E-state index contributed by atoms with van der Waals surface area (Å²) in [6, 6.07) is 7.44. The summed E-state index contributed by atoms with van der Waals surface area (Å²) in [5, 5.41) is 15.6. The molecule has 21 heavy (non-hydrogen) atoms. The number of rotatable bonds is 10. The third-order valence-electron chi connectivity index (χ3n) is 2.74. The Hall–Kier alpha value is -1.11. The summed E-state index contributed by atoms with van der Waals surface area (Å²) in [5.41, 5.74) is 0. The van der Waals surface area contributed by atoms with Crippen molar-refractivity contribution >= 4 is 21.8 Å². The molecule has 0 spiro atoms. The van der Waals surface area contributed by atoms with Gasteiger partial charge in [-0.05, 0) is 30.7 Å². The zero-order valence-corrected chi connectivity index (χ0v) is 13.9. The molecule has 6 heteroatoms. The van der Waals surface area contributed by atoms with E-state index in [2.05, 4.69) is 26.6 Å². The number of ether oxygens (including phenoxy) is 1. The maximum Gasteiger partial charge on any atom is 0.221 e. The molecular weight excluding hydrogens is 336 g/mol. The molecule has 0 saturated heterocycles. The fourth-order valence-electron chi connectivity index (χ4n) is 1.61. The summed E-state index contributed by atoms with van der Waals surface area (Å²) in [4.78, 5) is 11.3. The molecule has 0 aliphatic carbocycles. The molecule has 0 saturated carbocycles. The first-order valence-corrected chi connectivity index (χ1v) is 7.95. The second kappa shape index (κ2) is 10.6. The van der Waals surface area contributed by atoms with Crippen LogP contribution in [0.25, 0.3) is 0 Å². The second-order valence-electron chi connectivity index (χ2n) is 4.72. The first-order valence-electron chi connectivity index (χ1n) is 7.15. The summed E-state index contributed by atoms with van der Waals surface area (Å²) in [6.07, 6.45) is 0.748. The third-order valence-corrected chi connectivity index (χ3v) is 3.27. The van der Waals surface area contributed by atoms with Gasteiger partial charge in [0.1, 0.15) is 18.5 Å². The summed E-state index contributed by atoms with van der Waals surface area (Å²) in [6.45, 7) is 3.89. The van der Waals surface area contributed by atoms with Crippen molar-refractivity contribution in [3.63, 3.8) is 0 Å². The van der Waals surface area contributed by atoms with Gasteiger partial charge in [0.05, 0.1) is 0 Å². The highest BCUT2D eigenvalue weighted by atomic mass is 79.9. The molecule has 1 aromatic rings. The standard InChI is InChI=1S/C15H23BrN2O3/c1-2-8-18-15(20)7-9-17-10-13(19)11-21-14-5-3-12(16)4-6-14/h3-6,13,17,19H,2,7-11H2,1H3,(H,18,20). The molecular formula is C15H23BrN2O3. The van der Waals surface area contributed by atoms with Crippen LogP contribution in [0.1, 0.15) is 19.8 Å². The summed E-state index contributed by atoms with van der Waals surface area (Å²) in [7, 11) is 0. The smallest absolute Gasteiger partial charge is 0.221 e. The first-order chi connectivity index (χ1) is 10.1. The van der Waals surface area contributed by atoms with Crippen molar-refractivity contribution < 1.29 is 14.6 Å². The minimum Gasteiger partial charge on any atom is -0.491 e. The lowest BCUT2D eigenvalue weighted by molar-refractivity contribution is -0.121. The van der Waals surface area contributed by atoms with Crippen LogP contribution in [-0.2, 0) is 4.79 Å². The molecule has 3 N–H and O–H groups in total. The number of aliphatic hydroxyl groups is 1. The Labute approximate surface area is 134 Å². The van der Waals surface area contributed by atoms with Crippen LogP contribution in [0.3, 0.4) is 0 Å². The molecule has 1 rings (SSSR count). The van der Waals surface area contributed by atoms with E-state index in [1.54, 1.807) is 0 Å². The van der Waals surface area contributed by atoms with Gasteiger partial charge >= 0.3 is 0 Å². The van der Waals surface area contributed by atoms with E-state index >= 15 is 0 Å². The number of carbonyl (C=O) groups excluding carboxylic acids is 1. The van der Waals surface area contributed by atoms with Gasteiger partial charge in [0.2, 0.25) is 5.91 Å². The highest BCUT2D eigenvalue weighted by molar-refractivity contribution is 9.10. The minimum absolute atomic E-state index is 0.0324. The number of hydrogen-bond donors (Lipinski definition) is 3. The zero-order chi connectivity index (χ0) is 15.5. The highest BCUT2D eigenvalue weighted by Crippen LogP contribution is 2.16. The average molecular weight is 359 g/mol. The molecule has 0 bridgehead atoms. The van der Waals surface area contributed by atoms with E-state index in [4.69, 9.17) is 4.74 Å². The monoisotopic (exact) mass is 358 g/mol. The molecule has 1 unspecified atom stereocenters. The predicted molar refractivity (Wildman–Crippen MR) is 86.4 cm³/mol.